The summed E-state index contributed by atoms with van der Waals surface area (Å²) in [6.07, 6.45) is 1.01. The van der Waals surface area contributed by atoms with Crippen LogP contribution in [0.5, 0.6) is 0 Å². The molecule has 2 N–H and O–H groups in total. The number of halogens is 2. The van der Waals surface area contributed by atoms with Crippen molar-refractivity contribution in [3.05, 3.63) is 27.2 Å². The van der Waals surface area contributed by atoms with Crippen molar-refractivity contribution in [2.75, 3.05) is 6.54 Å². The van der Waals surface area contributed by atoms with Gasteiger partial charge < -0.3 is 5.73 Å². The number of rotatable bonds is 3. The number of amides is 1. The Bertz CT molecular complexity index is 678. The van der Waals surface area contributed by atoms with Crippen molar-refractivity contribution in [3.63, 3.8) is 0 Å². The summed E-state index contributed by atoms with van der Waals surface area (Å²) in [7, 11) is -3.92. The number of hydrogen-bond donors (Lipinski definition) is 1. The zero-order chi connectivity index (χ0) is 15.9. The lowest BCUT2D eigenvalue weighted by Gasteiger charge is -2.24. The van der Waals surface area contributed by atoms with E-state index in [-0.39, 0.29) is 16.5 Å². The third-order valence-corrected chi connectivity index (χ3v) is 6.76. The van der Waals surface area contributed by atoms with E-state index in [1.54, 1.807) is 19.9 Å². The summed E-state index contributed by atoms with van der Waals surface area (Å²) in [4.78, 5) is 11.4. The highest BCUT2D eigenvalue weighted by molar-refractivity contribution is 7.89. The van der Waals surface area contributed by atoms with Gasteiger partial charge in [-0.3, -0.25) is 4.79 Å². The van der Waals surface area contributed by atoms with Gasteiger partial charge in [-0.1, -0.05) is 23.2 Å². The summed E-state index contributed by atoms with van der Waals surface area (Å²) in [5.74, 6) is -0.649. The molecule has 0 spiro atoms. The fraction of sp³-hybridized carbons (Fsp3) is 0.462. The van der Waals surface area contributed by atoms with Crippen molar-refractivity contribution in [2.24, 2.45) is 5.73 Å². The number of carbonyl (C=O) groups excluding carboxylic acids is 1. The first-order valence-electron chi connectivity index (χ1n) is 6.44. The van der Waals surface area contributed by atoms with Gasteiger partial charge in [-0.15, -0.1) is 0 Å². The molecule has 0 aromatic heterocycles. The van der Waals surface area contributed by atoms with Gasteiger partial charge in [0.05, 0.1) is 5.02 Å². The summed E-state index contributed by atoms with van der Waals surface area (Å²) < 4.78 is 26.9. The molecule has 5 nitrogen and oxygen atoms in total. The lowest BCUT2D eigenvalue weighted by molar-refractivity contribution is -0.121. The first kappa shape index (κ1) is 16.5. The molecule has 21 heavy (non-hydrogen) atoms. The highest BCUT2D eigenvalue weighted by Gasteiger charge is 2.40. The molecular formula is C13H16Cl2N2O3S. The molecule has 0 aliphatic carbocycles. The molecule has 8 heteroatoms. The van der Waals surface area contributed by atoms with Gasteiger partial charge in [0.25, 0.3) is 0 Å². The van der Waals surface area contributed by atoms with Gasteiger partial charge in [0, 0.05) is 11.6 Å². The third kappa shape index (κ3) is 2.77. The van der Waals surface area contributed by atoms with Crippen LogP contribution < -0.4 is 5.73 Å². The standard InChI is InChI=1S/C13H16Cl2N2O3S/c1-7-6-9(14)8(2)12(11(7)15)21(19,20)17-5-3-4-10(17)13(16)18/h6,10H,3-5H2,1-2H3,(H2,16,18). The maximum absolute atomic E-state index is 12.9. The van der Waals surface area contributed by atoms with Crippen LogP contribution in [-0.2, 0) is 14.8 Å². The zero-order valence-electron chi connectivity index (χ0n) is 11.7. The van der Waals surface area contributed by atoms with Crippen molar-refractivity contribution >= 4 is 39.1 Å². The molecule has 1 fully saturated rings. The summed E-state index contributed by atoms with van der Waals surface area (Å²) in [6, 6.07) is 0.790. The molecule has 1 heterocycles. The van der Waals surface area contributed by atoms with E-state index in [2.05, 4.69) is 0 Å². The smallest absolute Gasteiger partial charge is 0.245 e. The van der Waals surface area contributed by atoms with E-state index in [4.69, 9.17) is 28.9 Å². The van der Waals surface area contributed by atoms with Gasteiger partial charge in [0.1, 0.15) is 10.9 Å². The highest BCUT2D eigenvalue weighted by Crippen LogP contribution is 2.37. The monoisotopic (exact) mass is 350 g/mol. The Labute approximate surface area is 134 Å². The minimum atomic E-state index is -3.92. The number of benzene rings is 1. The van der Waals surface area contributed by atoms with Crippen LogP contribution in [0, 0.1) is 13.8 Å². The molecule has 0 radical (unpaired) electrons. The van der Waals surface area contributed by atoms with Gasteiger partial charge in [0.2, 0.25) is 15.9 Å². The fourth-order valence-corrected chi connectivity index (χ4v) is 5.39. The lowest BCUT2D eigenvalue weighted by Crippen LogP contribution is -2.43. The summed E-state index contributed by atoms with van der Waals surface area (Å²) >= 11 is 12.2. The molecule has 1 aromatic carbocycles. The molecule has 116 valence electrons. The van der Waals surface area contributed by atoms with Crippen molar-refractivity contribution in [3.8, 4) is 0 Å². The van der Waals surface area contributed by atoms with Crippen LogP contribution in [0.3, 0.4) is 0 Å². The van der Waals surface area contributed by atoms with Crippen LogP contribution in [0.15, 0.2) is 11.0 Å². The van der Waals surface area contributed by atoms with E-state index in [0.29, 0.717) is 29.0 Å². The summed E-state index contributed by atoms with van der Waals surface area (Å²) in [5.41, 5.74) is 6.24. The number of hydrogen-bond acceptors (Lipinski definition) is 3. The van der Waals surface area contributed by atoms with Crippen molar-refractivity contribution in [2.45, 2.75) is 37.6 Å². The van der Waals surface area contributed by atoms with Crippen LogP contribution in [0.4, 0.5) is 0 Å². The van der Waals surface area contributed by atoms with Gasteiger partial charge in [-0.05, 0) is 43.9 Å². The summed E-state index contributed by atoms with van der Waals surface area (Å²) in [6.45, 7) is 3.52. The molecule has 1 atom stereocenters. The molecular weight excluding hydrogens is 335 g/mol. The van der Waals surface area contributed by atoms with Gasteiger partial charge in [-0.2, -0.15) is 4.31 Å². The van der Waals surface area contributed by atoms with Crippen molar-refractivity contribution < 1.29 is 13.2 Å². The average Bonchev–Trinajstić information content (AvgIpc) is 2.86. The molecule has 1 saturated heterocycles. The van der Waals surface area contributed by atoms with Crippen LogP contribution in [0.2, 0.25) is 10.0 Å². The van der Waals surface area contributed by atoms with Gasteiger partial charge in [-0.25, -0.2) is 8.42 Å². The second-order valence-corrected chi connectivity index (χ2v) is 7.73. The Morgan fingerprint density at radius 1 is 1.38 bits per heavy atom. The molecule has 1 unspecified atom stereocenters. The fourth-order valence-electron chi connectivity index (χ4n) is 2.55. The largest absolute Gasteiger partial charge is 0.368 e. The van der Waals surface area contributed by atoms with Gasteiger partial charge >= 0.3 is 0 Å². The number of nitrogens with zero attached hydrogens (tertiary/aromatic N) is 1. The normalized spacial score (nSPS) is 19.9. The minimum Gasteiger partial charge on any atom is -0.368 e. The molecule has 2 rings (SSSR count). The Balaban J connectivity index is 2.63. The lowest BCUT2D eigenvalue weighted by atomic mass is 10.2. The second-order valence-electron chi connectivity index (χ2n) is 5.12. The first-order chi connectivity index (χ1) is 9.67. The SMILES string of the molecule is Cc1cc(Cl)c(C)c(S(=O)(=O)N2CCCC2C(N)=O)c1Cl. The van der Waals surface area contributed by atoms with Crippen molar-refractivity contribution in [1.82, 2.24) is 4.31 Å². The third-order valence-electron chi connectivity index (χ3n) is 3.69. The number of sulfonamides is 1. The number of aryl methyl sites for hydroxylation is 1. The maximum Gasteiger partial charge on any atom is 0.245 e. The van der Waals surface area contributed by atoms with E-state index in [1.165, 1.54) is 0 Å². The quantitative estimate of drug-likeness (QED) is 0.907. The molecule has 1 amide bonds. The predicted octanol–water partition coefficient (Wildman–Crippen LogP) is 2.25. The minimum absolute atomic E-state index is 0.0395. The van der Waals surface area contributed by atoms with Crippen molar-refractivity contribution in [1.29, 1.82) is 0 Å². The second kappa shape index (κ2) is 5.76. The van der Waals surface area contributed by atoms with E-state index < -0.39 is 22.0 Å². The Morgan fingerprint density at radius 2 is 2.00 bits per heavy atom. The predicted molar refractivity (Wildman–Crippen MR) is 82.0 cm³/mol. The van der Waals surface area contributed by atoms with Crippen LogP contribution >= 0.6 is 23.2 Å². The first-order valence-corrected chi connectivity index (χ1v) is 8.64. The molecule has 1 aliphatic rings. The topological polar surface area (TPSA) is 80.5 Å². The zero-order valence-corrected chi connectivity index (χ0v) is 14.0. The number of nitrogens with two attached hydrogens (primary N) is 1. The Hall–Kier alpha value is -0.820. The number of primary amides is 1. The van der Waals surface area contributed by atoms with Crippen LogP contribution in [-0.4, -0.2) is 31.2 Å². The van der Waals surface area contributed by atoms with Gasteiger partial charge in [0.15, 0.2) is 0 Å². The van der Waals surface area contributed by atoms with E-state index in [9.17, 15) is 13.2 Å². The van der Waals surface area contributed by atoms with Crippen LogP contribution in [0.1, 0.15) is 24.0 Å². The maximum atomic E-state index is 12.9. The molecule has 0 bridgehead atoms. The average molecular weight is 351 g/mol. The highest BCUT2D eigenvalue weighted by atomic mass is 35.5. The molecule has 0 saturated carbocycles. The van der Waals surface area contributed by atoms with Crippen LogP contribution in [0.25, 0.3) is 0 Å². The van der Waals surface area contributed by atoms with E-state index in [1.807, 2.05) is 0 Å². The Kier molecular flexibility index (Phi) is 4.54. The molecule has 1 aliphatic heterocycles. The Morgan fingerprint density at radius 3 is 2.57 bits per heavy atom. The van der Waals surface area contributed by atoms with E-state index >= 15 is 0 Å². The number of carbonyl (C=O) groups is 1. The van der Waals surface area contributed by atoms with E-state index in [0.717, 1.165) is 4.31 Å². The summed E-state index contributed by atoms with van der Waals surface area (Å²) in [5, 5.41) is 0.456. The molecule has 1 aromatic rings.